The minimum absolute atomic E-state index is 0.00713. The number of piperidine rings is 1. The van der Waals surface area contributed by atoms with Gasteiger partial charge in [0.15, 0.2) is 5.58 Å². The second kappa shape index (κ2) is 9.43. The SMILES string of the molecule is CC(C)C(=O)Nc1ccc2c(CCC3CCN(Cc4ccccc4)CC3)noc2c1. The number of fused-ring (bicyclic) bond motifs is 1. The van der Waals surface area contributed by atoms with Crippen LogP contribution in [0, 0.1) is 11.8 Å². The minimum atomic E-state index is -0.0508. The van der Waals surface area contributed by atoms with Crippen LogP contribution in [-0.2, 0) is 17.8 Å². The lowest BCUT2D eigenvalue weighted by Crippen LogP contribution is -2.33. The number of anilines is 1. The second-order valence-corrected chi connectivity index (χ2v) is 8.73. The maximum Gasteiger partial charge on any atom is 0.226 e. The first-order valence-corrected chi connectivity index (χ1v) is 11.0. The molecule has 1 amide bonds. The van der Waals surface area contributed by atoms with Gasteiger partial charge in [-0.15, -0.1) is 0 Å². The van der Waals surface area contributed by atoms with Crippen LogP contribution in [0.2, 0.25) is 0 Å². The molecule has 5 nitrogen and oxygen atoms in total. The van der Waals surface area contributed by atoms with Crippen LogP contribution < -0.4 is 5.32 Å². The number of carbonyl (C=O) groups is 1. The molecular formula is C25H31N3O2. The zero-order chi connectivity index (χ0) is 20.9. The van der Waals surface area contributed by atoms with Crippen LogP contribution in [0.25, 0.3) is 11.0 Å². The van der Waals surface area contributed by atoms with Crippen molar-refractivity contribution in [2.45, 2.75) is 46.1 Å². The van der Waals surface area contributed by atoms with Crippen LogP contribution >= 0.6 is 0 Å². The topological polar surface area (TPSA) is 58.4 Å². The third-order valence-corrected chi connectivity index (χ3v) is 6.08. The third kappa shape index (κ3) is 5.08. The summed E-state index contributed by atoms with van der Waals surface area (Å²) in [7, 11) is 0. The summed E-state index contributed by atoms with van der Waals surface area (Å²) in [5.41, 5.74) is 3.92. The number of likely N-dealkylation sites (tertiary alicyclic amines) is 1. The van der Waals surface area contributed by atoms with Crippen molar-refractivity contribution in [3.63, 3.8) is 0 Å². The van der Waals surface area contributed by atoms with E-state index in [1.54, 1.807) is 0 Å². The fourth-order valence-corrected chi connectivity index (χ4v) is 4.15. The van der Waals surface area contributed by atoms with Crippen molar-refractivity contribution in [1.82, 2.24) is 10.1 Å². The Morgan fingerprint density at radius 1 is 1.17 bits per heavy atom. The molecule has 1 aromatic heterocycles. The summed E-state index contributed by atoms with van der Waals surface area (Å²) in [6.45, 7) is 7.15. The molecule has 0 unspecified atom stereocenters. The van der Waals surface area contributed by atoms with E-state index in [1.165, 1.54) is 18.4 Å². The van der Waals surface area contributed by atoms with Gasteiger partial charge >= 0.3 is 0 Å². The van der Waals surface area contributed by atoms with Crippen molar-refractivity contribution in [1.29, 1.82) is 0 Å². The Morgan fingerprint density at radius 2 is 1.93 bits per heavy atom. The van der Waals surface area contributed by atoms with Crippen LogP contribution in [0.4, 0.5) is 5.69 Å². The Bertz CT molecular complexity index is 972. The number of amides is 1. The summed E-state index contributed by atoms with van der Waals surface area (Å²) >= 11 is 0. The molecule has 0 saturated carbocycles. The molecule has 1 N–H and O–H groups in total. The number of hydrogen-bond donors (Lipinski definition) is 1. The predicted molar refractivity (Wildman–Crippen MR) is 120 cm³/mol. The highest BCUT2D eigenvalue weighted by molar-refractivity contribution is 5.94. The van der Waals surface area contributed by atoms with E-state index >= 15 is 0 Å². The van der Waals surface area contributed by atoms with E-state index in [9.17, 15) is 4.79 Å². The third-order valence-electron chi connectivity index (χ3n) is 6.08. The summed E-state index contributed by atoms with van der Waals surface area (Å²) in [5, 5.41) is 8.28. The van der Waals surface area contributed by atoms with Gasteiger partial charge in [-0.2, -0.15) is 0 Å². The summed E-state index contributed by atoms with van der Waals surface area (Å²) in [6.07, 6.45) is 4.57. The van der Waals surface area contributed by atoms with Gasteiger partial charge in [-0.3, -0.25) is 9.69 Å². The molecule has 2 heterocycles. The van der Waals surface area contributed by atoms with Crippen LogP contribution in [0.3, 0.4) is 0 Å². The van der Waals surface area contributed by atoms with Gasteiger partial charge in [0.1, 0.15) is 0 Å². The zero-order valence-electron chi connectivity index (χ0n) is 17.9. The van der Waals surface area contributed by atoms with Gasteiger partial charge in [-0.05, 0) is 62.4 Å². The van der Waals surface area contributed by atoms with Gasteiger partial charge < -0.3 is 9.84 Å². The quantitative estimate of drug-likeness (QED) is 0.582. The number of benzene rings is 2. The molecule has 0 radical (unpaired) electrons. The summed E-state index contributed by atoms with van der Waals surface area (Å²) in [6, 6.07) is 16.5. The number of aromatic nitrogens is 1. The summed E-state index contributed by atoms with van der Waals surface area (Å²) in [5.74, 6) is 0.700. The van der Waals surface area contributed by atoms with Crippen molar-refractivity contribution in [3.05, 3.63) is 59.8 Å². The van der Waals surface area contributed by atoms with Crippen molar-refractivity contribution < 1.29 is 9.32 Å². The maximum atomic E-state index is 11.9. The molecule has 1 saturated heterocycles. The first-order chi connectivity index (χ1) is 14.6. The Kier molecular flexibility index (Phi) is 6.48. The van der Waals surface area contributed by atoms with Gasteiger partial charge in [-0.25, -0.2) is 0 Å². The van der Waals surface area contributed by atoms with Gasteiger partial charge in [0.2, 0.25) is 5.91 Å². The van der Waals surface area contributed by atoms with E-state index in [-0.39, 0.29) is 11.8 Å². The molecule has 1 fully saturated rings. The lowest BCUT2D eigenvalue weighted by molar-refractivity contribution is -0.118. The average Bonchev–Trinajstić information content (AvgIpc) is 3.16. The molecule has 158 valence electrons. The molecule has 1 aliphatic rings. The van der Waals surface area contributed by atoms with Gasteiger partial charge in [0.25, 0.3) is 0 Å². The molecule has 0 atom stereocenters. The Morgan fingerprint density at radius 3 is 2.67 bits per heavy atom. The molecule has 0 spiro atoms. The lowest BCUT2D eigenvalue weighted by Gasteiger charge is -2.31. The number of hydrogen-bond acceptors (Lipinski definition) is 4. The molecule has 3 aromatic rings. The van der Waals surface area contributed by atoms with Gasteiger partial charge in [0, 0.05) is 29.6 Å². The predicted octanol–water partition coefficient (Wildman–Crippen LogP) is 5.27. The Balaban J connectivity index is 1.28. The van der Waals surface area contributed by atoms with Crippen molar-refractivity contribution in [3.8, 4) is 0 Å². The molecule has 0 bridgehead atoms. The van der Waals surface area contributed by atoms with Crippen LogP contribution in [0.15, 0.2) is 53.1 Å². The van der Waals surface area contributed by atoms with E-state index in [2.05, 4.69) is 45.7 Å². The fraction of sp³-hybridized carbons (Fsp3) is 0.440. The Labute approximate surface area is 178 Å². The minimum Gasteiger partial charge on any atom is -0.356 e. The average molecular weight is 406 g/mol. The highest BCUT2D eigenvalue weighted by Crippen LogP contribution is 2.27. The smallest absolute Gasteiger partial charge is 0.226 e. The molecule has 30 heavy (non-hydrogen) atoms. The fourth-order valence-electron chi connectivity index (χ4n) is 4.15. The van der Waals surface area contributed by atoms with E-state index in [0.717, 1.165) is 60.7 Å². The van der Waals surface area contributed by atoms with Crippen molar-refractivity contribution >= 4 is 22.6 Å². The molecular weight excluding hydrogens is 374 g/mol. The number of rotatable bonds is 7. The van der Waals surface area contributed by atoms with E-state index in [0.29, 0.717) is 0 Å². The zero-order valence-corrected chi connectivity index (χ0v) is 17.9. The van der Waals surface area contributed by atoms with Gasteiger partial charge in [-0.1, -0.05) is 49.3 Å². The summed E-state index contributed by atoms with van der Waals surface area (Å²) in [4.78, 5) is 14.5. The maximum absolute atomic E-state index is 11.9. The van der Waals surface area contributed by atoms with E-state index in [1.807, 2.05) is 32.0 Å². The Hall–Kier alpha value is -2.66. The molecule has 2 aromatic carbocycles. The highest BCUT2D eigenvalue weighted by atomic mass is 16.5. The summed E-state index contributed by atoms with van der Waals surface area (Å²) < 4.78 is 5.55. The number of nitrogens with one attached hydrogen (secondary N) is 1. The first kappa shape index (κ1) is 20.6. The first-order valence-electron chi connectivity index (χ1n) is 11.0. The van der Waals surface area contributed by atoms with Crippen LogP contribution in [0.1, 0.15) is 44.4 Å². The molecule has 0 aliphatic carbocycles. The largest absolute Gasteiger partial charge is 0.356 e. The van der Waals surface area contributed by atoms with Crippen molar-refractivity contribution in [2.24, 2.45) is 11.8 Å². The van der Waals surface area contributed by atoms with Crippen LogP contribution in [-0.4, -0.2) is 29.1 Å². The van der Waals surface area contributed by atoms with E-state index < -0.39 is 0 Å². The number of carbonyl (C=O) groups excluding carboxylic acids is 1. The highest BCUT2D eigenvalue weighted by Gasteiger charge is 2.20. The monoisotopic (exact) mass is 405 g/mol. The lowest BCUT2D eigenvalue weighted by atomic mass is 9.91. The number of aryl methyl sites for hydroxylation is 1. The number of nitrogens with zero attached hydrogens (tertiary/aromatic N) is 2. The van der Waals surface area contributed by atoms with E-state index in [4.69, 9.17) is 4.52 Å². The molecule has 1 aliphatic heterocycles. The normalized spacial score (nSPS) is 15.7. The molecule has 5 heteroatoms. The van der Waals surface area contributed by atoms with Gasteiger partial charge in [0.05, 0.1) is 5.69 Å². The van der Waals surface area contributed by atoms with Crippen LogP contribution in [0.5, 0.6) is 0 Å². The second-order valence-electron chi connectivity index (χ2n) is 8.73. The molecule has 4 rings (SSSR count). The standard InChI is InChI=1S/C25H31N3O2/c1-18(2)25(29)26-21-9-10-22-23(27-30-24(22)16-21)11-8-19-12-14-28(15-13-19)17-20-6-4-3-5-7-20/h3-7,9-10,16,18-19H,8,11-15,17H2,1-2H3,(H,26,29). The van der Waals surface area contributed by atoms with Crippen molar-refractivity contribution in [2.75, 3.05) is 18.4 Å².